The summed E-state index contributed by atoms with van der Waals surface area (Å²) in [6, 6.07) is 5.56. The molecule has 124 valence electrons. The zero-order valence-electron chi connectivity index (χ0n) is 12.7. The number of hydrogen-bond donors (Lipinski definition) is 1. The lowest BCUT2D eigenvalue weighted by Crippen LogP contribution is -2.42. The highest BCUT2D eigenvalue weighted by molar-refractivity contribution is 7.13. The van der Waals surface area contributed by atoms with E-state index in [0.29, 0.717) is 17.3 Å². The van der Waals surface area contributed by atoms with E-state index in [2.05, 4.69) is 9.88 Å². The molecule has 5 nitrogen and oxygen atoms in total. The maximum absolute atomic E-state index is 10.1. The number of nitrogens with zero attached hydrogens (tertiary/aromatic N) is 2. The van der Waals surface area contributed by atoms with Gasteiger partial charge in [0.05, 0.1) is 23.6 Å². The average Bonchev–Trinajstić information content (AvgIpc) is 3.08. The van der Waals surface area contributed by atoms with Crippen LogP contribution in [0.3, 0.4) is 0 Å². The van der Waals surface area contributed by atoms with Crippen LogP contribution in [0.2, 0.25) is 5.02 Å². The summed E-state index contributed by atoms with van der Waals surface area (Å²) in [6.07, 6.45) is 1.26. The molecular formula is C16H19ClN2O3S. The van der Waals surface area contributed by atoms with Crippen molar-refractivity contribution in [1.82, 2.24) is 9.88 Å². The van der Waals surface area contributed by atoms with Crippen LogP contribution in [0.15, 0.2) is 29.9 Å². The smallest absolute Gasteiger partial charge is 0.121 e. The Hall–Kier alpha value is -1.18. The van der Waals surface area contributed by atoms with E-state index in [1.165, 1.54) is 0 Å². The molecule has 1 aliphatic rings. The van der Waals surface area contributed by atoms with Crippen LogP contribution in [0.1, 0.15) is 0 Å². The van der Waals surface area contributed by atoms with Gasteiger partial charge in [-0.3, -0.25) is 9.88 Å². The fourth-order valence-electron chi connectivity index (χ4n) is 2.47. The Morgan fingerprint density at radius 3 is 2.91 bits per heavy atom. The van der Waals surface area contributed by atoms with Crippen LogP contribution >= 0.6 is 22.9 Å². The van der Waals surface area contributed by atoms with E-state index in [1.807, 2.05) is 12.1 Å². The molecule has 7 heteroatoms. The Kier molecular flexibility index (Phi) is 5.85. The van der Waals surface area contributed by atoms with Gasteiger partial charge >= 0.3 is 0 Å². The molecule has 1 unspecified atom stereocenters. The average molecular weight is 355 g/mol. The molecule has 0 radical (unpaired) electrons. The van der Waals surface area contributed by atoms with Crippen LogP contribution in [-0.2, 0) is 4.74 Å². The third-order valence-corrected chi connectivity index (χ3v) is 4.64. The summed E-state index contributed by atoms with van der Waals surface area (Å²) < 4.78 is 11.0. The Morgan fingerprint density at radius 1 is 1.35 bits per heavy atom. The predicted molar refractivity (Wildman–Crippen MR) is 91.3 cm³/mol. The van der Waals surface area contributed by atoms with Crippen molar-refractivity contribution in [3.63, 3.8) is 0 Å². The van der Waals surface area contributed by atoms with Crippen molar-refractivity contribution in [2.45, 2.75) is 6.10 Å². The molecule has 1 N–H and O–H groups in total. The van der Waals surface area contributed by atoms with Gasteiger partial charge in [0.1, 0.15) is 18.5 Å². The summed E-state index contributed by atoms with van der Waals surface area (Å²) in [5, 5.41) is 10.7. The van der Waals surface area contributed by atoms with E-state index in [1.54, 1.807) is 29.1 Å². The Labute approximate surface area is 144 Å². The summed E-state index contributed by atoms with van der Waals surface area (Å²) in [6.45, 7) is 3.97. The third kappa shape index (κ3) is 4.89. The quantitative estimate of drug-likeness (QED) is 0.864. The Morgan fingerprint density at radius 2 is 2.17 bits per heavy atom. The van der Waals surface area contributed by atoms with Crippen LogP contribution in [0.5, 0.6) is 5.75 Å². The standard InChI is InChI=1S/C16H19ClN2O3S/c17-13-5-12(16-8-18-11-23-16)6-15(7-13)22-10-14(20)9-19-1-3-21-4-2-19/h5-8,11,14,20H,1-4,9-10H2. The number of β-amino-alcohol motifs (C(OH)–C–C–N with tert-alkyl or cyclic N) is 1. The fourth-order valence-corrected chi connectivity index (χ4v) is 3.31. The minimum absolute atomic E-state index is 0.236. The molecular weight excluding hydrogens is 336 g/mol. The van der Waals surface area contributed by atoms with Crippen molar-refractivity contribution in [2.75, 3.05) is 39.5 Å². The summed E-state index contributed by atoms with van der Waals surface area (Å²) in [5.74, 6) is 0.655. The lowest BCUT2D eigenvalue weighted by Gasteiger charge is -2.28. The number of benzene rings is 1. The summed E-state index contributed by atoms with van der Waals surface area (Å²) >= 11 is 7.71. The highest BCUT2D eigenvalue weighted by Gasteiger charge is 2.15. The number of ether oxygens (including phenoxy) is 2. The molecule has 0 aliphatic carbocycles. The fraction of sp³-hybridized carbons (Fsp3) is 0.438. The van der Waals surface area contributed by atoms with E-state index < -0.39 is 6.10 Å². The van der Waals surface area contributed by atoms with Gasteiger partial charge in [-0.05, 0) is 23.8 Å². The molecule has 1 atom stereocenters. The first-order valence-corrected chi connectivity index (χ1v) is 8.77. The molecule has 1 saturated heterocycles. The van der Waals surface area contributed by atoms with Gasteiger partial charge in [0.15, 0.2) is 0 Å². The second kappa shape index (κ2) is 8.08. The molecule has 0 amide bonds. The first kappa shape index (κ1) is 16.7. The molecule has 2 aromatic rings. The zero-order chi connectivity index (χ0) is 16.1. The van der Waals surface area contributed by atoms with Crippen LogP contribution in [0.25, 0.3) is 10.4 Å². The highest BCUT2D eigenvalue weighted by Crippen LogP contribution is 2.30. The number of aromatic nitrogens is 1. The van der Waals surface area contributed by atoms with Crippen LogP contribution in [0.4, 0.5) is 0 Å². The van der Waals surface area contributed by atoms with Gasteiger partial charge in [-0.25, -0.2) is 0 Å². The van der Waals surface area contributed by atoms with E-state index in [0.717, 1.165) is 36.7 Å². The topological polar surface area (TPSA) is 54.8 Å². The molecule has 1 fully saturated rings. The van der Waals surface area contributed by atoms with Crippen molar-refractivity contribution in [3.05, 3.63) is 34.9 Å². The minimum atomic E-state index is -0.543. The summed E-state index contributed by atoms with van der Waals surface area (Å²) in [5.41, 5.74) is 2.75. The van der Waals surface area contributed by atoms with Gasteiger partial charge in [-0.2, -0.15) is 0 Å². The molecule has 0 spiro atoms. The normalized spacial score (nSPS) is 17.1. The lowest BCUT2D eigenvalue weighted by molar-refractivity contribution is 0.00466. The van der Waals surface area contributed by atoms with Crippen molar-refractivity contribution >= 4 is 22.9 Å². The van der Waals surface area contributed by atoms with E-state index in [-0.39, 0.29) is 6.61 Å². The third-order valence-electron chi connectivity index (χ3n) is 3.60. The molecule has 23 heavy (non-hydrogen) atoms. The predicted octanol–water partition coefficient (Wildman–Crippen LogP) is 2.54. The lowest BCUT2D eigenvalue weighted by atomic mass is 10.2. The van der Waals surface area contributed by atoms with Gasteiger partial charge in [-0.15, -0.1) is 11.3 Å². The first-order chi connectivity index (χ1) is 11.2. The minimum Gasteiger partial charge on any atom is -0.491 e. The van der Waals surface area contributed by atoms with Crippen molar-refractivity contribution in [3.8, 4) is 16.2 Å². The highest BCUT2D eigenvalue weighted by atomic mass is 35.5. The number of hydrogen-bond acceptors (Lipinski definition) is 6. The van der Waals surface area contributed by atoms with Gasteiger partial charge in [0.25, 0.3) is 0 Å². The van der Waals surface area contributed by atoms with Crippen molar-refractivity contribution in [1.29, 1.82) is 0 Å². The number of rotatable bonds is 6. The van der Waals surface area contributed by atoms with Crippen LogP contribution < -0.4 is 4.74 Å². The SMILES string of the molecule is OC(COc1cc(Cl)cc(-c2cncs2)c1)CN1CCOCC1. The van der Waals surface area contributed by atoms with Crippen molar-refractivity contribution in [2.24, 2.45) is 0 Å². The Balaban J connectivity index is 1.57. The summed E-state index contributed by atoms with van der Waals surface area (Å²) in [4.78, 5) is 7.29. The van der Waals surface area contributed by atoms with Gasteiger partial charge < -0.3 is 14.6 Å². The van der Waals surface area contributed by atoms with Gasteiger partial charge in [-0.1, -0.05) is 11.6 Å². The van der Waals surface area contributed by atoms with Crippen LogP contribution in [0, 0.1) is 0 Å². The van der Waals surface area contributed by atoms with Crippen LogP contribution in [-0.4, -0.2) is 60.5 Å². The van der Waals surface area contributed by atoms with Gasteiger partial charge in [0.2, 0.25) is 0 Å². The first-order valence-electron chi connectivity index (χ1n) is 7.51. The largest absolute Gasteiger partial charge is 0.491 e. The maximum Gasteiger partial charge on any atom is 0.121 e. The summed E-state index contributed by atoms with van der Waals surface area (Å²) in [7, 11) is 0. The second-order valence-corrected chi connectivity index (χ2v) is 6.74. The number of aliphatic hydroxyl groups is 1. The molecule has 0 bridgehead atoms. The van der Waals surface area contributed by atoms with E-state index in [9.17, 15) is 5.11 Å². The molecule has 3 rings (SSSR count). The van der Waals surface area contributed by atoms with E-state index >= 15 is 0 Å². The second-order valence-electron chi connectivity index (χ2n) is 5.42. The zero-order valence-corrected chi connectivity index (χ0v) is 14.2. The molecule has 1 aromatic carbocycles. The maximum atomic E-state index is 10.1. The Bertz CT molecular complexity index is 618. The number of aliphatic hydroxyl groups excluding tert-OH is 1. The number of halogens is 1. The molecule has 0 saturated carbocycles. The van der Waals surface area contributed by atoms with Gasteiger partial charge in [0, 0.05) is 30.9 Å². The molecule has 1 aliphatic heterocycles. The van der Waals surface area contributed by atoms with Crippen molar-refractivity contribution < 1.29 is 14.6 Å². The van der Waals surface area contributed by atoms with E-state index in [4.69, 9.17) is 21.1 Å². The number of thiazole rings is 1. The number of morpholine rings is 1. The monoisotopic (exact) mass is 354 g/mol. The molecule has 2 heterocycles. The molecule has 1 aromatic heterocycles.